The van der Waals surface area contributed by atoms with Crippen molar-refractivity contribution in [2.75, 3.05) is 32.2 Å². The first-order valence-corrected chi connectivity index (χ1v) is 6.17. The lowest BCUT2D eigenvalue weighted by molar-refractivity contribution is 0.173. The Balaban J connectivity index is 2.54. The van der Waals surface area contributed by atoms with E-state index in [1.807, 2.05) is 19.1 Å². The molecule has 0 amide bonds. The molecule has 0 unspecified atom stereocenters. The number of methoxy groups -OCH3 is 1. The second-order valence-electron chi connectivity index (χ2n) is 4.28. The molecule has 1 atom stereocenters. The summed E-state index contributed by atoms with van der Waals surface area (Å²) in [5.41, 5.74) is 2.16. The van der Waals surface area contributed by atoms with Crippen LogP contribution >= 0.6 is 0 Å². The van der Waals surface area contributed by atoms with Crippen LogP contribution in [0, 0.1) is 0 Å². The third-order valence-corrected chi connectivity index (χ3v) is 2.95. The lowest BCUT2D eigenvalue weighted by Crippen LogP contribution is -2.19. The normalized spacial score (nSPS) is 12.5. The van der Waals surface area contributed by atoms with Crippen molar-refractivity contribution in [1.29, 1.82) is 0 Å². The molecule has 0 aliphatic heterocycles. The number of ether oxygens (including phenoxy) is 1. The van der Waals surface area contributed by atoms with Crippen LogP contribution in [0.1, 0.15) is 31.4 Å². The summed E-state index contributed by atoms with van der Waals surface area (Å²) < 4.78 is 5.03. The number of aliphatic hydroxyl groups is 1. The third kappa shape index (κ3) is 4.36. The molecule has 0 aliphatic rings. The van der Waals surface area contributed by atoms with Gasteiger partial charge in [0, 0.05) is 33.0 Å². The van der Waals surface area contributed by atoms with Crippen LogP contribution in [0.2, 0.25) is 0 Å². The first kappa shape index (κ1) is 14.0. The molecule has 0 spiro atoms. The van der Waals surface area contributed by atoms with E-state index in [0.29, 0.717) is 0 Å². The number of nitrogens with zero attached hydrogens (tertiary/aromatic N) is 1. The lowest BCUT2D eigenvalue weighted by Gasteiger charge is -2.20. The van der Waals surface area contributed by atoms with Gasteiger partial charge in [-0.25, -0.2) is 0 Å². The van der Waals surface area contributed by atoms with E-state index in [0.717, 1.165) is 31.6 Å². The van der Waals surface area contributed by atoms with E-state index in [4.69, 9.17) is 4.74 Å². The van der Waals surface area contributed by atoms with E-state index in [-0.39, 0.29) is 6.10 Å². The number of hydrogen-bond donors (Lipinski definition) is 1. The highest BCUT2D eigenvalue weighted by Gasteiger charge is 2.05. The SMILES string of the molecule is CC[C@H](O)c1ccc(N(C)CCCOC)cc1. The van der Waals surface area contributed by atoms with E-state index in [2.05, 4.69) is 24.1 Å². The second kappa shape index (κ2) is 7.30. The molecule has 1 N–H and O–H groups in total. The minimum absolute atomic E-state index is 0.345. The maximum Gasteiger partial charge on any atom is 0.0787 e. The molecular weight excluding hydrogens is 214 g/mol. The van der Waals surface area contributed by atoms with Gasteiger partial charge in [0.25, 0.3) is 0 Å². The molecule has 0 aliphatic carbocycles. The van der Waals surface area contributed by atoms with E-state index in [9.17, 15) is 5.11 Å². The lowest BCUT2D eigenvalue weighted by atomic mass is 10.1. The maximum absolute atomic E-state index is 9.70. The van der Waals surface area contributed by atoms with Crippen LogP contribution in [-0.2, 0) is 4.74 Å². The molecule has 1 rings (SSSR count). The minimum Gasteiger partial charge on any atom is -0.388 e. The fourth-order valence-corrected chi connectivity index (χ4v) is 1.76. The Morgan fingerprint density at radius 2 is 1.94 bits per heavy atom. The van der Waals surface area contributed by atoms with Crippen LogP contribution in [0.25, 0.3) is 0 Å². The molecule has 3 heteroatoms. The summed E-state index contributed by atoms with van der Waals surface area (Å²) in [5.74, 6) is 0. The Bertz CT molecular complexity index is 311. The Kier molecular flexibility index (Phi) is 6.01. The Hall–Kier alpha value is -1.06. The van der Waals surface area contributed by atoms with Gasteiger partial charge in [-0.1, -0.05) is 19.1 Å². The molecule has 3 nitrogen and oxygen atoms in total. The third-order valence-electron chi connectivity index (χ3n) is 2.95. The zero-order valence-corrected chi connectivity index (χ0v) is 11.0. The Labute approximate surface area is 104 Å². The van der Waals surface area contributed by atoms with E-state index >= 15 is 0 Å². The number of anilines is 1. The summed E-state index contributed by atoms with van der Waals surface area (Å²) in [6, 6.07) is 8.11. The van der Waals surface area contributed by atoms with Crippen molar-refractivity contribution in [3.8, 4) is 0 Å². The summed E-state index contributed by atoms with van der Waals surface area (Å²) in [5, 5.41) is 9.70. The quantitative estimate of drug-likeness (QED) is 0.740. The molecule has 0 saturated carbocycles. The number of rotatable bonds is 7. The van der Waals surface area contributed by atoms with Crippen molar-refractivity contribution in [1.82, 2.24) is 0 Å². The summed E-state index contributed by atoms with van der Waals surface area (Å²) in [6.07, 6.45) is 1.43. The number of aliphatic hydroxyl groups excluding tert-OH is 1. The van der Waals surface area contributed by atoms with E-state index < -0.39 is 0 Å². The van der Waals surface area contributed by atoms with Crippen molar-refractivity contribution in [2.45, 2.75) is 25.9 Å². The van der Waals surface area contributed by atoms with Crippen LogP contribution in [0.15, 0.2) is 24.3 Å². The smallest absolute Gasteiger partial charge is 0.0787 e. The molecule has 0 radical (unpaired) electrons. The fraction of sp³-hybridized carbons (Fsp3) is 0.571. The molecule has 0 heterocycles. The van der Waals surface area contributed by atoms with E-state index in [1.165, 1.54) is 5.69 Å². The van der Waals surface area contributed by atoms with Gasteiger partial charge in [0.05, 0.1) is 6.10 Å². The largest absolute Gasteiger partial charge is 0.388 e. The zero-order chi connectivity index (χ0) is 12.7. The monoisotopic (exact) mass is 237 g/mol. The maximum atomic E-state index is 9.70. The average molecular weight is 237 g/mol. The molecule has 0 aromatic heterocycles. The number of benzene rings is 1. The molecule has 1 aromatic carbocycles. The molecule has 96 valence electrons. The van der Waals surface area contributed by atoms with Crippen molar-refractivity contribution < 1.29 is 9.84 Å². The highest BCUT2D eigenvalue weighted by Crippen LogP contribution is 2.20. The molecule has 0 bridgehead atoms. The highest BCUT2D eigenvalue weighted by molar-refractivity contribution is 5.47. The topological polar surface area (TPSA) is 32.7 Å². The van der Waals surface area contributed by atoms with E-state index in [1.54, 1.807) is 7.11 Å². The predicted octanol–water partition coefficient (Wildman–Crippen LogP) is 2.60. The standard InChI is InChI=1S/C14H23NO2/c1-4-14(16)12-6-8-13(9-7-12)15(2)10-5-11-17-3/h6-9,14,16H,4-5,10-11H2,1-3H3/t14-/m0/s1. The fourth-order valence-electron chi connectivity index (χ4n) is 1.76. The number of hydrogen-bond acceptors (Lipinski definition) is 3. The van der Waals surface area contributed by atoms with Gasteiger partial charge in [-0.2, -0.15) is 0 Å². The Morgan fingerprint density at radius 3 is 2.47 bits per heavy atom. The van der Waals surface area contributed by atoms with Crippen molar-refractivity contribution >= 4 is 5.69 Å². The van der Waals surface area contributed by atoms with Gasteiger partial charge in [-0.3, -0.25) is 0 Å². The summed E-state index contributed by atoms with van der Waals surface area (Å²) >= 11 is 0. The van der Waals surface area contributed by atoms with Crippen LogP contribution in [0.3, 0.4) is 0 Å². The van der Waals surface area contributed by atoms with Crippen molar-refractivity contribution in [2.24, 2.45) is 0 Å². The average Bonchev–Trinajstić information content (AvgIpc) is 2.38. The van der Waals surface area contributed by atoms with Crippen LogP contribution in [0.5, 0.6) is 0 Å². The van der Waals surface area contributed by atoms with Gasteiger partial charge in [0.2, 0.25) is 0 Å². The van der Waals surface area contributed by atoms with Gasteiger partial charge in [0.15, 0.2) is 0 Å². The van der Waals surface area contributed by atoms with Crippen molar-refractivity contribution in [3.63, 3.8) is 0 Å². The first-order valence-electron chi connectivity index (χ1n) is 6.17. The predicted molar refractivity (Wildman–Crippen MR) is 71.5 cm³/mol. The van der Waals surface area contributed by atoms with Crippen LogP contribution in [-0.4, -0.2) is 32.4 Å². The van der Waals surface area contributed by atoms with Crippen LogP contribution < -0.4 is 4.90 Å². The van der Waals surface area contributed by atoms with Gasteiger partial charge < -0.3 is 14.7 Å². The van der Waals surface area contributed by atoms with Gasteiger partial charge >= 0.3 is 0 Å². The molecule has 17 heavy (non-hydrogen) atoms. The second-order valence-corrected chi connectivity index (χ2v) is 4.28. The molecule has 1 aromatic rings. The summed E-state index contributed by atoms with van der Waals surface area (Å²) in [7, 11) is 3.79. The zero-order valence-electron chi connectivity index (χ0n) is 11.0. The van der Waals surface area contributed by atoms with Crippen molar-refractivity contribution in [3.05, 3.63) is 29.8 Å². The first-order chi connectivity index (χ1) is 8.19. The Morgan fingerprint density at radius 1 is 1.29 bits per heavy atom. The van der Waals surface area contributed by atoms with Gasteiger partial charge in [-0.15, -0.1) is 0 Å². The summed E-state index contributed by atoms with van der Waals surface area (Å²) in [4.78, 5) is 2.20. The molecular formula is C14H23NO2. The molecule has 0 fully saturated rings. The van der Waals surface area contributed by atoms with Gasteiger partial charge in [0.1, 0.15) is 0 Å². The van der Waals surface area contributed by atoms with Gasteiger partial charge in [-0.05, 0) is 30.5 Å². The molecule has 0 saturated heterocycles. The summed E-state index contributed by atoms with van der Waals surface area (Å²) in [6.45, 7) is 3.75. The highest BCUT2D eigenvalue weighted by atomic mass is 16.5. The van der Waals surface area contributed by atoms with Crippen LogP contribution in [0.4, 0.5) is 5.69 Å². The minimum atomic E-state index is -0.345.